The normalized spacial score (nSPS) is 26.7. The fraction of sp³-hybridized carbons (Fsp3) is 0.529. The van der Waals surface area contributed by atoms with E-state index >= 15 is 0 Å². The van der Waals surface area contributed by atoms with Crippen LogP contribution in [0.1, 0.15) is 24.0 Å². The number of amides is 1. The van der Waals surface area contributed by atoms with Gasteiger partial charge in [-0.2, -0.15) is 5.26 Å². The van der Waals surface area contributed by atoms with Gasteiger partial charge in [0.05, 0.1) is 30.4 Å². The van der Waals surface area contributed by atoms with Gasteiger partial charge in [0.25, 0.3) is 0 Å². The zero-order valence-electron chi connectivity index (χ0n) is 12.9. The third kappa shape index (κ3) is 4.08. The quantitative estimate of drug-likeness (QED) is 0.702. The van der Waals surface area contributed by atoms with Gasteiger partial charge in [-0.25, -0.2) is 0 Å². The Morgan fingerprint density at radius 3 is 3.00 bits per heavy atom. The fourth-order valence-electron chi connectivity index (χ4n) is 2.73. The second kappa shape index (κ2) is 7.09. The molecule has 0 radical (unpaired) electrons. The van der Waals surface area contributed by atoms with Gasteiger partial charge in [0.15, 0.2) is 0 Å². The number of aliphatic hydroxyl groups excluding tert-OH is 1. The first kappa shape index (κ1) is 15.9. The Kier molecular flexibility index (Phi) is 4.91. The second-order valence-corrected chi connectivity index (χ2v) is 6.18. The summed E-state index contributed by atoms with van der Waals surface area (Å²) < 4.78 is 5.58. The van der Waals surface area contributed by atoms with Crippen molar-refractivity contribution >= 4 is 5.91 Å². The zero-order chi connectivity index (χ0) is 16.2. The van der Waals surface area contributed by atoms with Gasteiger partial charge in [0.2, 0.25) is 5.91 Å². The van der Waals surface area contributed by atoms with E-state index in [-0.39, 0.29) is 24.0 Å². The Labute approximate surface area is 135 Å². The van der Waals surface area contributed by atoms with Crippen molar-refractivity contribution in [1.82, 2.24) is 10.6 Å². The van der Waals surface area contributed by atoms with Gasteiger partial charge in [-0.3, -0.25) is 4.79 Å². The Balaban J connectivity index is 1.45. The minimum atomic E-state index is -0.659. The van der Waals surface area contributed by atoms with Crippen LogP contribution in [0, 0.1) is 17.2 Å². The number of benzene rings is 1. The molecule has 1 aliphatic carbocycles. The van der Waals surface area contributed by atoms with Crippen molar-refractivity contribution in [3.05, 3.63) is 35.4 Å². The molecule has 3 N–H and O–H groups in total. The van der Waals surface area contributed by atoms with Crippen molar-refractivity contribution in [2.75, 3.05) is 13.2 Å². The molecule has 1 amide bonds. The molecule has 1 saturated heterocycles. The molecule has 1 heterocycles. The molecule has 0 unspecified atom stereocenters. The Hall–Kier alpha value is -1.94. The SMILES string of the molecule is N#Cc1cccc(CN[C@@H]2CO[C@H](CNC(=O)C3CC3)[C@H]2O)c1. The summed E-state index contributed by atoms with van der Waals surface area (Å²) in [6.07, 6.45) is 0.895. The third-order valence-electron chi connectivity index (χ3n) is 4.33. The predicted molar refractivity (Wildman–Crippen MR) is 83.3 cm³/mol. The highest BCUT2D eigenvalue weighted by Gasteiger charge is 2.37. The maximum absolute atomic E-state index is 11.6. The Morgan fingerprint density at radius 1 is 1.43 bits per heavy atom. The molecular formula is C17H21N3O3. The first-order valence-electron chi connectivity index (χ1n) is 7.97. The Bertz CT molecular complexity index is 609. The average molecular weight is 315 g/mol. The van der Waals surface area contributed by atoms with Crippen molar-refractivity contribution in [2.24, 2.45) is 5.92 Å². The van der Waals surface area contributed by atoms with E-state index in [4.69, 9.17) is 10.00 Å². The highest BCUT2D eigenvalue weighted by molar-refractivity contribution is 5.80. The van der Waals surface area contributed by atoms with E-state index in [1.165, 1.54) is 0 Å². The van der Waals surface area contributed by atoms with Gasteiger partial charge in [-0.15, -0.1) is 0 Å². The summed E-state index contributed by atoms with van der Waals surface area (Å²) in [6.45, 7) is 1.31. The number of nitrogens with one attached hydrogen (secondary N) is 2. The van der Waals surface area contributed by atoms with Crippen LogP contribution >= 0.6 is 0 Å². The largest absolute Gasteiger partial charge is 0.389 e. The molecule has 3 atom stereocenters. The van der Waals surface area contributed by atoms with Crippen molar-refractivity contribution in [3.8, 4) is 6.07 Å². The van der Waals surface area contributed by atoms with E-state index < -0.39 is 6.10 Å². The minimum Gasteiger partial charge on any atom is -0.389 e. The van der Waals surface area contributed by atoms with E-state index in [0.717, 1.165) is 18.4 Å². The topological polar surface area (TPSA) is 94.4 Å². The average Bonchev–Trinajstić information content (AvgIpc) is 3.36. The zero-order valence-corrected chi connectivity index (χ0v) is 12.9. The molecule has 2 fully saturated rings. The molecule has 3 rings (SSSR count). The maximum atomic E-state index is 11.6. The van der Waals surface area contributed by atoms with E-state index in [0.29, 0.717) is 25.3 Å². The van der Waals surface area contributed by atoms with Crippen molar-refractivity contribution < 1.29 is 14.6 Å². The first-order chi connectivity index (χ1) is 11.2. The molecule has 0 spiro atoms. The van der Waals surface area contributed by atoms with Crippen LogP contribution in [0.2, 0.25) is 0 Å². The summed E-state index contributed by atoms with van der Waals surface area (Å²) in [7, 11) is 0. The number of carbonyl (C=O) groups excluding carboxylic acids is 1. The van der Waals surface area contributed by atoms with Crippen LogP contribution in [0.3, 0.4) is 0 Å². The summed E-state index contributed by atoms with van der Waals surface area (Å²) in [4.78, 5) is 11.6. The minimum absolute atomic E-state index is 0.0607. The molecule has 1 saturated carbocycles. The summed E-state index contributed by atoms with van der Waals surface area (Å²) in [6, 6.07) is 9.29. The third-order valence-corrected chi connectivity index (χ3v) is 4.33. The second-order valence-electron chi connectivity index (χ2n) is 6.18. The number of carbonyl (C=O) groups is 1. The van der Waals surface area contributed by atoms with Crippen molar-refractivity contribution in [1.29, 1.82) is 5.26 Å². The van der Waals surface area contributed by atoms with Gasteiger partial charge in [0, 0.05) is 19.0 Å². The summed E-state index contributed by atoms with van der Waals surface area (Å²) in [5.74, 6) is 0.223. The number of aliphatic hydroxyl groups is 1. The van der Waals surface area contributed by atoms with Gasteiger partial charge in [-0.1, -0.05) is 12.1 Å². The number of nitrogens with zero attached hydrogens (tertiary/aromatic N) is 1. The molecule has 23 heavy (non-hydrogen) atoms. The number of nitriles is 1. The summed E-state index contributed by atoms with van der Waals surface area (Å²) >= 11 is 0. The van der Waals surface area contributed by atoms with Crippen LogP contribution in [0.5, 0.6) is 0 Å². The van der Waals surface area contributed by atoms with E-state index in [2.05, 4.69) is 16.7 Å². The van der Waals surface area contributed by atoms with Crippen LogP contribution in [0.25, 0.3) is 0 Å². The number of rotatable bonds is 6. The number of hydrogen-bond acceptors (Lipinski definition) is 5. The number of hydrogen-bond donors (Lipinski definition) is 3. The summed E-state index contributed by atoms with van der Waals surface area (Å²) in [5.41, 5.74) is 1.61. The van der Waals surface area contributed by atoms with Crippen LogP contribution in [0.4, 0.5) is 0 Å². The smallest absolute Gasteiger partial charge is 0.223 e. The van der Waals surface area contributed by atoms with E-state index in [9.17, 15) is 9.90 Å². The molecule has 0 aromatic heterocycles. The standard InChI is InChI=1S/C17H21N3O3/c18-7-11-2-1-3-12(6-11)8-19-14-10-23-15(16(14)21)9-20-17(22)13-4-5-13/h1-3,6,13-16,19,21H,4-5,8-10H2,(H,20,22)/t14-,15-,16+/m1/s1. The van der Waals surface area contributed by atoms with Gasteiger partial charge in [0.1, 0.15) is 6.10 Å². The van der Waals surface area contributed by atoms with Crippen LogP contribution < -0.4 is 10.6 Å². The lowest BCUT2D eigenvalue weighted by Crippen LogP contribution is -2.44. The molecule has 6 nitrogen and oxygen atoms in total. The molecule has 1 aliphatic heterocycles. The lowest BCUT2D eigenvalue weighted by molar-refractivity contribution is -0.123. The molecule has 1 aromatic rings. The summed E-state index contributed by atoms with van der Waals surface area (Å²) in [5, 5.41) is 25.3. The highest BCUT2D eigenvalue weighted by atomic mass is 16.5. The molecule has 1 aromatic carbocycles. The van der Waals surface area contributed by atoms with Crippen LogP contribution in [-0.4, -0.2) is 42.4 Å². The molecule has 6 heteroatoms. The molecular weight excluding hydrogens is 294 g/mol. The molecule has 2 aliphatic rings. The lowest BCUT2D eigenvalue weighted by Gasteiger charge is -2.19. The van der Waals surface area contributed by atoms with E-state index in [1.807, 2.05) is 18.2 Å². The predicted octanol–water partition coefficient (Wildman–Crippen LogP) is 0.302. The molecule has 122 valence electrons. The van der Waals surface area contributed by atoms with Gasteiger partial charge >= 0.3 is 0 Å². The van der Waals surface area contributed by atoms with Gasteiger partial charge < -0.3 is 20.5 Å². The van der Waals surface area contributed by atoms with Crippen LogP contribution in [-0.2, 0) is 16.1 Å². The highest BCUT2D eigenvalue weighted by Crippen LogP contribution is 2.28. The van der Waals surface area contributed by atoms with Gasteiger partial charge in [-0.05, 0) is 30.5 Å². The monoisotopic (exact) mass is 315 g/mol. The van der Waals surface area contributed by atoms with Crippen molar-refractivity contribution in [2.45, 2.75) is 37.6 Å². The molecule has 0 bridgehead atoms. The Morgan fingerprint density at radius 2 is 2.26 bits per heavy atom. The van der Waals surface area contributed by atoms with E-state index in [1.54, 1.807) is 6.07 Å². The van der Waals surface area contributed by atoms with Crippen LogP contribution in [0.15, 0.2) is 24.3 Å². The first-order valence-corrected chi connectivity index (χ1v) is 7.97. The lowest BCUT2D eigenvalue weighted by atomic mass is 10.1. The fourth-order valence-corrected chi connectivity index (χ4v) is 2.73. The maximum Gasteiger partial charge on any atom is 0.223 e. The number of ether oxygens (including phenoxy) is 1. The van der Waals surface area contributed by atoms with Crippen molar-refractivity contribution in [3.63, 3.8) is 0 Å².